The van der Waals surface area contributed by atoms with Crippen molar-refractivity contribution in [1.82, 2.24) is 19.9 Å². The van der Waals surface area contributed by atoms with Gasteiger partial charge in [-0.05, 0) is 12.1 Å². The maximum absolute atomic E-state index is 11.9. The van der Waals surface area contributed by atoms with Gasteiger partial charge < -0.3 is 5.32 Å². The lowest BCUT2D eigenvalue weighted by molar-refractivity contribution is -0.136. The van der Waals surface area contributed by atoms with Crippen LogP contribution in [-0.2, 0) is 4.79 Å². The zero-order valence-electron chi connectivity index (χ0n) is 9.52. The third-order valence-corrected chi connectivity index (χ3v) is 3.04. The van der Waals surface area contributed by atoms with Gasteiger partial charge >= 0.3 is 6.18 Å². The maximum atomic E-state index is 11.9. The molecule has 0 aliphatic rings. The number of hydrogen-bond donors (Lipinski definition) is 1. The van der Waals surface area contributed by atoms with E-state index in [0.717, 1.165) is 11.8 Å². The van der Waals surface area contributed by atoms with Crippen molar-refractivity contribution in [3.8, 4) is 0 Å². The highest BCUT2D eigenvalue weighted by atomic mass is 32.2. The Morgan fingerprint density at radius 2 is 2.16 bits per heavy atom. The van der Waals surface area contributed by atoms with Crippen LogP contribution in [0.15, 0.2) is 29.6 Å². The van der Waals surface area contributed by atoms with Gasteiger partial charge in [-0.1, -0.05) is 17.8 Å². The molecule has 1 amide bonds. The van der Waals surface area contributed by atoms with Crippen molar-refractivity contribution in [2.24, 2.45) is 0 Å². The summed E-state index contributed by atoms with van der Waals surface area (Å²) in [6.07, 6.45) is -2.69. The van der Waals surface area contributed by atoms with Gasteiger partial charge in [0.05, 0.1) is 5.75 Å². The van der Waals surface area contributed by atoms with Gasteiger partial charge in [-0.15, -0.1) is 10.2 Å². The van der Waals surface area contributed by atoms with E-state index in [1.54, 1.807) is 34.1 Å². The average Bonchev–Trinajstić information content (AvgIpc) is 2.76. The van der Waals surface area contributed by atoms with Crippen LogP contribution in [0.25, 0.3) is 5.65 Å². The van der Waals surface area contributed by atoms with Crippen LogP contribution in [0.2, 0.25) is 0 Å². The van der Waals surface area contributed by atoms with Gasteiger partial charge in [-0.2, -0.15) is 13.2 Å². The lowest BCUT2D eigenvalue weighted by Gasteiger charge is -2.07. The number of amides is 1. The van der Waals surface area contributed by atoms with E-state index in [-0.39, 0.29) is 5.75 Å². The van der Waals surface area contributed by atoms with E-state index >= 15 is 0 Å². The molecule has 1 N–H and O–H groups in total. The third kappa shape index (κ3) is 3.85. The molecule has 5 nitrogen and oxygen atoms in total. The van der Waals surface area contributed by atoms with Crippen molar-refractivity contribution >= 4 is 23.3 Å². The molecule has 9 heteroatoms. The van der Waals surface area contributed by atoms with Crippen molar-refractivity contribution in [3.63, 3.8) is 0 Å². The van der Waals surface area contributed by atoms with Crippen molar-refractivity contribution in [1.29, 1.82) is 0 Å². The van der Waals surface area contributed by atoms with Crippen LogP contribution in [-0.4, -0.2) is 39.0 Å². The Morgan fingerprint density at radius 3 is 2.89 bits per heavy atom. The Balaban J connectivity index is 1.90. The number of carbonyl (C=O) groups is 1. The Labute approximate surface area is 110 Å². The number of nitrogens with zero attached hydrogens (tertiary/aromatic N) is 3. The lowest BCUT2D eigenvalue weighted by atomic mass is 10.5. The van der Waals surface area contributed by atoms with E-state index in [1.807, 2.05) is 0 Å². The van der Waals surface area contributed by atoms with Gasteiger partial charge in [-0.3, -0.25) is 9.20 Å². The Bertz CT molecular complexity index is 583. The molecule has 0 aromatic carbocycles. The highest BCUT2D eigenvalue weighted by molar-refractivity contribution is 7.99. The second-order valence-corrected chi connectivity index (χ2v) is 4.53. The van der Waals surface area contributed by atoms with E-state index in [9.17, 15) is 18.0 Å². The van der Waals surface area contributed by atoms with Gasteiger partial charge in [0, 0.05) is 6.20 Å². The van der Waals surface area contributed by atoms with Crippen LogP contribution in [0.4, 0.5) is 13.2 Å². The van der Waals surface area contributed by atoms with Gasteiger partial charge in [0.25, 0.3) is 0 Å². The van der Waals surface area contributed by atoms with Crippen molar-refractivity contribution in [2.75, 3.05) is 12.3 Å². The van der Waals surface area contributed by atoms with Crippen molar-refractivity contribution in [3.05, 3.63) is 24.4 Å². The first kappa shape index (κ1) is 13.7. The number of nitrogens with one attached hydrogen (secondary N) is 1. The van der Waals surface area contributed by atoms with E-state index in [0.29, 0.717) is 10.8 Å². The number of thioether (sulfide) groups is 1. The predicted octanol–water partition coefficient (Wildman–Crippen LogP) is 1.50. The molecule has 0 aliphatic heterocycles. The molecule has 102 valence electrons. The number of carbonyl (C=O) groups excluding carboxylic acids is 1. The number of pyridine rings is 1. The lowest BCUT2D eigenvalue weighted by Crippen LogP contribution is -2.34. The van der Waals surface area contributed by atoms with E-state index in [1.165, 1.54) is 0 Å². The first-order valence-corrected chi connectivity index (χ1v) is 6.20. The summed E-state index contributed by atoms with van der Waals surface area (Å²) in [4.78, 5) is 11.2. The molecule has 0 spiro atoms. The first-order valence-electron chi connectivity index (χ1n) is 5.22. The number of rotatable bonds is 4. The smallest absolute Gasteiger partial charge is 0.346 e. The second-order valence-electron chi connectivity index (χ2n) is 3.59. The zero-order valence-corrected chi connectivity index (χ0v) is 10.3. The molecule has 0 bridgehead atoms. The van der Waals surface area contributed by atoms with E-state index < -0.39 is 18.6 Å². The summed E-state index contributed by atoms with van der Waals surface area (Å²) in [5, 5.41) is 9.96. The molecule has 0 saturated heterocycles. The summed E-state index contributed by atoms with van der Waals surface area (Å²) >= 11 is 1.03. The molecule has 2 aromatic heterocycles. The minimum absolute atomic E-state index is 0.147. The summed E-state index contributed by atoms with van der Waals surface area (Å²) < 4.78 is 37.3. The van der Waals surface area contributed by atoms with E-state index in [2.05, 4.69) is 10.2 Å². The normalized spacial score (nSPS) is 11.7. The fourth-order valence-electron chi connectivity index (χ4n) is 1.30. The number of alkyl halides is 3. The Morgan fingerprint density at radius 1 is 1.37 bits per heavy atom. The molecule has 0 atom stereocenters. The monoisotopic (exact) mass is 290 g/mol. The molecule has 0 saturated carbocycles. The maximum Gasteiger partial charge on any atom is 0.405 e. The molecule has 0 fully saturated rings. The number of hydrogen-bond acceptors (Lipinski definition) is 4. The highest BCUT2D eigenvalue weighted by Gasteiger charge is 2.27. The second kappa shape index (κ2) is 5.47. The summed E-state index contributed by atoms with van der Waals surface area (Å²) in [6, 6.07) is 5.29. The minimum atomic E-state index is -4.40. The quantitative estimate of drug-likeness (QED) is 0.867. The molecular weight excluding hydrogens is 281 g/mol. The van der Waals surface area contributed by atoms with Gasteiger partial charge in [-0.25, -0.2) is 0 Å². The van der Waals surface area contributed by atoms with Crippen LogP contribution >= 0.6 is 11.8 Å². The zero-order chi connectivity index (χ0) is 13.9. The molecule has 2 heterocycles. The number of halogens is 3. The van der Waals surface area contributed by atoms with Crippen LogP contribution in [0.3, 0.4) is 0 Å². The van der Waals surface area contributed by atoms with Crippen LogP contribution < -0.4 is 5.32 Å². The number of aromatic nitrogens is 3. The van der Waals surface area contributed by atoms with Crippen LogP contribution in [0.5, 0.6) is 0 Å². The van der Waals surface area contributed by atoms with Crippen LogP contribution in [0, 0.1) is 0 Å². The summed E-state index contributed by atoms with van der Waals surface area (Å²) in [5.74, 6) is -0.846. The van der Waals surface area contributed by atoms with Crippen molar-refractivity contribution in [2.45, 2.75) is 11.3 Å². The summed E-state index contributed by atoms with van der Waals surface area (Å²) in [5.41, 5.74) is 0.612. The Kier molecular flexibility index (Phi) is 3.93. The molecular formula is C10H9F3N4OS. The molecule has 0 radical (unpaired) electrons. The average molecular weight is 290 g/mol. The summed E-state index contributed by atoms with van der Waals surface area (Å²) in [7, 11) is 0. The largest absolute Gasteiger partial charge is 0.405 e. The highest BCUT2D eigenvalue weighted by Crippen LogP contribution is 2.16. The molecule has 2 aromatic rings. The number of fused-ring (bicyclic) bond motifs is 1. The fraction of sp³-hybridized carbons (Fsp3) is 0.300. The molecule has 0 aliphatic carbocycles. The van der Waals surface area contributed by atoms with Gasteiger partial charge in [0.2, 0.25) is 5.91 Å². The first-order chi connectivity index (χ1) is 8.96. The standard InChI is InChI=1S/C10H9F3N4OS/c11-10(12,13)6-14-8(18)5-19-9-16-15-7-3-1-2-4-17(7)9/h1-4H,5-6H2,(H,14,18). The van der Waals surface area contributed by atoms with Crippen molar-refractivity contribution < 1.29 is 18.0 Å². The van der Waals surface area contributed by atoms with E-state index in [4.69, 9.17) is 0 Å². The van der Waals surface area contributed by atoms with Crippen LogP contribution in [0.1, 0.15) is 0 Å². The summed E-state index contributed by atoms with van der Waals surface area (Å²) in [6.45, 7) is -1.33. The molecule has 2 rings (SSSR count). The Hall–Kier alpha value is -1.77. The third-order valence-electron chi connectivity index (χ3n) is 2.10. The van der Waals surface area contributed by atoms with Gasteiger partial charge in [0.15, 0.2) is 10.8 Å². The minimum Gasteiger partial charge on any atom is -0.346 e. The molecule has 0 unspecified atom stereocenters. The topological polar surface area (TPSA) is 59.3 Å². The fourth-order valence-corrected chi connectivity index (χ4v) is 2.05. The SMILES string of the molecule is O=C(CSc1nnc2ccccn12)NCC(F)(F)F. The molecule has 19 heavy (non-hydrogen) atoms. The predicted molar refractivity (Wildman–Crippen MR) is 62.8 cm³/mol. The van der Waals surface area contributed by atoms with Gasteiger partial charge in [0.1, 0.15) is 6.54 Å².